The van der Waals surface area contributed by atoms with E-state index in [0.717, 1.165) is 24.3 Å². The van der Waals surface area contributed by atoms with Crippen LogP contribution in [0, 0.1) is 10.1 Å². The van der Waals surface area contributed by atoms with Gasteiger partial charge in [-0.25, -0.2) is 4.99 Å². The second kappa shape index (κ2) is 9.54. The molecule has 140 valence electrons. The van der Waals surface area contributed by atoms with Gasteiger partial charge >= 0.3 is 0 Å². The molecule has 0 aliphatic rings. The monoisotopic (exact) mass is 384 g/mol. The molecule has 0 bridgehead atoms. The second-order valence-electron chi connectivity index (χ2n) is 5.78. The zero-order valence-corrected chi connectivity index (χ0v) is 15.4. The van der Waals surface area contributed by atoms with Crippen molar-refractivity contribution in [2.24, 2.45) is 4.99 Å². The lowest BCUT2D eigenvalue weighted by atomic mass is 10.2. The average molecular weight is 384 g/mol. The third-order valence-electron chi connectivity index (χ3n) is 3.82. The van der Waals surface area contributed by atoms with E-state index in [1.54, 1.807) is 29.7 Å². The molecule has 0 atom stereocenters. The summed E-state index contributed by atoms with van der Waals surface area (Å²) in [6.07, 6.45) is 2.55. The molecule has 0 saturated carbocycles. The van der Waals surface area contributed by atoms with Crippen molar-refractivity contribution >= 4 is 23.0 Å². The van der Waals surface area contributed by atoms with Gasteiger partial charge in [-0.05, 0) is 35.6 Å². The summed E-state index contributed by atoms with van der Waals surface area (Å²) in [5, 5.41) is 19.4. The van der Waals surface area contributed by atoms with Crippen molar-refractivity contribution in [1.29, 1.82) is 0 Å². The Kier molecular flexibility index (Phi) is 6.59. The first-order valence-electron chi connectivity index (χ1n) is 8.51. The summed E-state index contributed by atoms with van der Waals surface area (Å²) in [5.41, 5.74) is 0.978. The molecule has 2 aromatic heterocycles. The van der Waals surface area contributed by atoms with E-state index in [2.05, 4.69) is 27.1 Å². The van der Waals surface area contributed by atoms with Crippen molar-refractivity contribution in [1.82, 2.24) is 10.6 Å². The molecule has 8 heteroatoms. The number of rotatable bonds is 8. The van der Waals surface area contributed by atoms with Crippen LogP contribution < -0.4 is 10.6 Å². The third kappa shape index (κ3) is 5.96. The summed E-state index contributed by atoms with van der Waals surface area (Å²) in [5.74, 6) is 1.49. The summed E-state index contributed by atoms with van der Waals surface area (Å²) in [4.78, 5) is 16.2. The molecular weight excluding hydrogens is 364 g/mol. The number of nitrogens with one attached hydrogen (secondary N) is 2. The number of nitro benzene ring substituents is 1. The van der Waals surface area contributed by atoms with E-state index >= 15 is 0 Å². The lowest BCUT2D eigenvalue weighted by Gasteiger charge is -2.11. The molecule has 0 unspecified atom stereocenters. The summed E-state index contributed by atoms with van der Waals surface area (Å²) in [6.45, 7) is 1.70. The van der Waals surface area contributed by atoms with Crippen molar-refractivity contribution in [3.05, 3.63) is 86.5 Å². The molecule has 2 heterocycles. The normalized spacial score (nSPS) is 11.3. The summed E-state index contributed by atoms with van der Waals surface area (Å²) < 4.78 is 5.34. The van der Waals surface area contributed by atoms with E-state index in [1.807, 2.05) is 18.2 Å². The molecule has 27 heavy (non-hydrogen) atoms. The Balaban J connectivity index is 1.59. The second-order valence-corrected chi connectivity index (χ2v) is 6.81. The third-order valence-corrected chi connectivity index (χ3v) is 4.76. The molecule has 0 fully saturated rings. The summed E-state index contributed by atoms with van der Waals surface area (Å²) >= 11 is 1.73. The molecule has 1 aromatic carbocycles. The van der Waals surface area contributed by atoms with Gasteiger partial charge in [0.2, 0.25) is 0 Å². The minimum atomic E-state index is -0.407. The van der Waals surface area contributed by atoms with Crippen LogP contribution >= 0.6 is 11.3 Å². The first-order chi connectivity index (χ1) is 13.2. The van der Waals surface area contributed by atoms with Gasteiger partial charge in [-0.3, -0.25) is 10.1 Å². The number of aliphatic imine (C=N–C) groups is 1. The topological polar surface area (TPSA) is 92.7 Å². The fourth-order valence-corrected chi connectivity index (χ4v) is 3.12. The maximum atomic E-state index is 10.7. The minimum Gasteiger partial charge on any atom is -0.467 e. The Labute approximate surface area is 160 Å². The van der Waals surface area contributed by atoms with Crippen LogP contribution in [0.5, 0.6) is 0 Å². The van der Waals surface area contributed by atoms with Crippen LogP contribution in [-0.4, -0.2) is 17.4 Å². The minimum absolute atomic E-state index is 0.0768. The number of nitrogens with zero attached hydrogens (tertiary/aromatic N) is 2. The molecule has 3 rings (SSSR count). The van der Waals surface area contributed by atoms with Gasteiger partial charge in [-0.2, -0.15) is 0 Å². The highest BCUT2D eigenvalue weighted by Crippen LogP contribution is 2.12. The number of benzene rings is 1. The van der Waals surface area contributed by atoms with Gasteiger partial charge in [0.25, 0.3) is 5.69 Å². The Morgan fingerprint density at radius 1 is 1.15 bits per heavy atom. The number of hydrogen-bond donors (Lipinski definition) is 2. The average Bonchev–Trinajstić information content (AvgIpc) is 3.37. The Bertz CT molecular complexity index is 859. The van der Waals surface area contributed by atoms with Crippen LogP contribution in [0.2, 0.25) is 0 Å². The van der Waals surface area contributed by atoms with Gasteiger partial charge in [0.15, 0.2) is 5.96 Å². The molecule has 0 aliphatic carbocycles. The number of thiophene rings is 1. The van der Waals surface area contributed by atoms with Gasteiger partial charge in [-0.15, -0.1) is 11.3 Å². The van der Waals surface area contributed by atoms with Gasteiger partial charge < -0.3 is 15.1 Å². The quantitative estimate of drug-likeness (QED) is 0.267. The van der Waals surface area contributed by atoms with E-state index in [-0.39, 0.29) is 5.69 Å². The molecule has 7 nitrogen and oxygen atoms in total. The molecular formula is C19H20N4O3S. The van der Waals surface area contributed by atoms with Crippen molar-refractivity contribution in [2.45, 2.75) is 19.5 Å². The van der Waals surface area contributed by atoms with Gasteiger partial charge in [-0.1, -0.05) is 18.2 Å². The van der Waals surface area contributed by atoms with E-state index in [4.69, 9.17) is 4.42 Å². The molecule has 0 aliphatic heterocycles. The number of non-ortho nitro benzene ring substituents is 1. The zero-order chi connectivity index (χ0) is 18.9. The van der Waals surface area contributed by atoms with Crippen molar-refractivity contribution < 1.29 is 9.34 Å². The standard InChI is InChI=1S/C19H20N4O3S/c24-23(25)16-7-5-15(6-8-16)13-21-19(22-14-17-3-1-11-26-17)20-10-9-18-4-2-12-27-18/h1-8,11-12H,9-10,13-14H2,(H2,20,21,22). The Morgan fingerprint density at radius 3 is 2.67 bits per heavy atom. The maximum absolute atomic E-state index is 10.7. The first-order valence-corrected chi connectivity index (χ1v) is 9.39. The van der Waals surface area contributed by atoms with Crippen LogP contribution in [0.25, 0.3) is 0 Å². The predicted octanol–water partition coefficient (Wildman–Crippen LogP) is 3.73. The van der Waals surface area contributed by atoms with E-state index < -0.39 is 4.92 Å². The largest absolute Gasteiger partial charge is 0.467 e. The van der Waals surface area contributed by atoms with Gasteiger partial charge in [0, 0.05) is 23.6 Å². The van der Waals surface area contributed by atoms with Crippen molar-refractivity contribution in [3.63, 3.8) is 0 Å². The lowest BCUT2D eigenvalue weighted by molar-refractivity contribution is -0.384. The molecule has 0 radical (unpaired) electrons. The molecule has 3 aromatic rings. The first kappa shape index (κ1) is 18.7. The van der Waals surface area contributed by atoms with Crippen LogP contribution in [0.15, 0.2) is 69.6 Å². The maximum Gasteiger partial charge on any atom is 0.269 e. The zero-order valence-electron chi connectivity index (χ0n) is 14.6. The van der Waals surface area contributed by atoms with E-state index in [9.17, 15) is 10.1 Å². The molecule has 2 N–H and O–H groups in total. The smallest absolute Gasteiger partial charge is 0.269 e. The fraction of sp³-hybridized carbons (Fsp3) is 0.211. The van der Waals surface area contributed by atoms with Crippen LogP contribution in [0.4, 0.5) is 5.69 Å². The van der Waals surface area contributed by atoms with E-state index in [0.29, 0.717) is 19.0 Å². The van der Waals surface area contributed by atoms with Crippen molar-refractivity contribution in [2.75, 3.05) is 6.54 Å². The lowest BCUT2D eigenvalue weighted by Crippen LogP contribution is -2.38. The Hall–Kier alpha value is -3.13. The number of hydrogen-bond acceptors (Lipinski definition) is 5. The summed E-state index contributed by atoms with van der Waals surface area (Å²) in [7, 11) is 0. The highest BCUT2D eigenvalue weighted by Gasteiger charge is 2.05. The molecule has 0 amide bonds. The highest BCUT2D eigenvalue weighted by molar-refractivity contribution is 7.09. The predicted molar refractivity (Wildman–Crippen MR) is 106 cm³/mol. The molecule has 0 saturated heterocycles. The number of nitro groups is 1. The van der Waals surface area contributed by atoms with Crippen LogP contribution in [-0.2, 0) is 19.5 Å². The van der Waals surface area contributed by atoms with E-state index in [1.165, 1.54) is 17.0 Å². The fourth-order valence-electron chi connectivity index (χ4n) is 2.41. The van der Waals surface area contributed by atoms with Crippen LogP contribution in [0.3, 0.4) is 0 Å². The van der Waals surface area contributed by atoms with Gasteiger partial charge in [0.1, 0.15) is 5.76 Å². The number of guanidine groups is 1. The van der Waals surface area contributed by atoms with Crippen LogP contribution in [0.1, 0.15) is 16.2 Å². The SMILES string of the molecule is O=[N+]([O-])c1ccc(CN=C(NCCc2cccs2)NCc2ccco2)cc1. The number of furan rings is 1. The molecule has 0 spiro atoms. The van der Waals surface area contributed by atoms with Gasteiger partial charge in [0.05, 0.1) is 24.3 Å². The van der Waals surface area contributed by atoms with Crippen molar-refractivity contribution in [3.8, 4) is 0 Å². The summed E-state index contributed by atoms with van der Waals surface area (Å²) in [6, 6.07) is 14.3. The Morgan fingerprint density at radius 2 is 2.00 bits per heavy atom. The highest BCUT2D eigenvalue weighted by atomic mass is 32.1.